The van der Waals surface area contributed by atoms with Gasteiger partial charge in [-0.2, -0.15) is 18.3 Å². The van der Waals surface area contributed by atoms with E-state index in [-0.39, 0.29) is 0 Å². The highest BCUT2D eigenvalue weighted by Gasteiger charge is 2.30. The van der Waals surface area contributed by atoms with Gasteiger partial charge in [-0.05, 0) is 24.3 Å². The summed E-state index contributed by atoms with van der Waals surface area (Å²) in [6.45, 7) is 0. The van der Waals surface area contributed by atoms with Crippen LogP contribution in [0.3, 0.4) is 0 Å². The van der Waals surface area contributed by atoms with Gasteiger partial charge in [0.1, 0.15) is 0 Å². The summed E-state index contributed by atoms with van der Waals surface area (Å²) >= 11 is 0. The molecule has 3 aromatic heterocycles. The Labute approximate surface area is 117 Å². The fourth-order valence-electron chi connectivity index (χ4n) is 1.82. The minimum absolute atomic E-state index is 0.429. The van der Waals surface area contributed by atoms with E-state index in [1.165, 1.54) is 6.07 Å². The average Bonchev–Trinajstić information content (AvgIpc) is 2.97. The number of alkyl halides is 3. The molecule has 0 aromatic carbocycles. The number of pyridine rings is 2. The Bertz CT molecular complexity index is 733. The van der Waals surface area contributed by atoms with Crippen LogP contribution in [0.5, 0.6) is 0 Å². The highest BCUT2D eigenvalue weighted by atomic mass is 19.4. The van der Waals surface area contributed by atoms with E-state index in [0.29, 0.717) is 11.3 Å². The lowest BCUT2D eigenvalue weighted by Crippen LogP contribution is -2.05. The first kappa shape index (κ1) is 13.3. The van der Waals surface area contributed by atoms with Crippen molar-refractivity contribution >= 4 is 0 Å². The van der Waals surface area contributed by atoms with Crippen LogP contribution in [0.4, 0.5) is 13.2 Å². The molecule has 106 valence electrons. The summed E-state index contributed by atoms with van der Waals surface area (Å²) in [6, 6.07) is 5.92. The van der Waals surface area contributed by atoms with Gasteiger partial charge in [0.15, 0.2) is 0 Å². The molecule has 0 aliphatic carbocycles. The number of halogens is 3. The van der Waals surface area contributed by atoms with Crippen molar-refractivity contribution in [3.63, 3.8) is 0 Å². The average molecular weight is 290 g/mol. The van der Waals surface area contributed by atoms with E-state index in [2.05, 4.69) is 15.1 Å². The van der Waals surface area contributed by atoms with E-state index in [4.69, 9.17) is 0 Å². The maximum Gasteiger partial charge on any atom is 0.417 e. The zero-order chi connectivity index (χ0) is 14.9. The van der Waals surface area contributed by atoms with E-state index in [9.17, 15) is 13.2 Å². The second kappa shape index (κ2) is 5.01. The number of hydrogen-bond donors (Lipinski definition) is 0. The third-order valence-corrected chi connectivity index (χ3v) is 2.88. The molecule has 0 aliphatic rings. The second-order valence-corrected chi connectivity index (χ2v) is 4.31. The Kier molecular flexibility index (Phi) is 3.17. The number of hydrogen-bond acceptors (Lipinski definition) is 3. The van der Waals surface area contributed by atoms with Gasteiger partial charge in [-0.15, -0.1) is 0 Å². The summed E-state index contributed by atoms with van der Waals surface area (Å²) in [5.74, 6) is 0. The molecule has 3 rings (SSSR count). The van der Waals surface area contributed by atoms with Crippen LogP contribution in [-0.2, 0) is 6.18 Å². The zero-order valence-electron chi connectivity index (χ0n) is 10.6. The summed E-state index contributed by atoms with van der Waals surface area (Å²) in [5.41, 5.74) is 1.05. The van der Waals surface area contributed by atoms with Gasteiger partial charge in [-0.25, -0.2) is 4.68 Å². The summed E-state index contributed by atoms with van der Waals surface area (Å²) in [6.07, 6.45) is 2.94. The maximum atomic E-state index is 12.5. The molecule has 0 amide bonds. The van der Waals surface area contributed by atoms with Crippen LogP contribution in [-0.4, -0.2) is 19.7 Å². The molecule has 0 N–H and O–H groups in total. The van der Waals surface area contributed by atoms with Gasteiger partial charge in [0.25, 0.3) is 0 Å². The highest BCUT2D eigenvalue weighted by molar-refractivity contribution is 5.57. The van der Waals surface area contributed by atoms with Crippen LogP contribution in [0.15, 0.2) is 55.2 Å². The van der Waals surface area contributed by atoms with Crippen LogP contribution in [0, 0.1) is 0 Å². The maximum absolute atomic E-state index is 12.5. The minimum atomic E-state index is -4.38. The van der Waals surface area contributed by atoms with Gasteiger partial charge in [0.2, 0.25) is 0 Å². The predicted octanol–water partition coefficient (Wildman–Crippen LogP) is 3.35. The quantitative estimate of drug-likeness (QED) is 0.727. The molecule has 0 radical (unpaired) electrons. The number of nitrogens with zero attached hydrogens (tertiary/aromatic N) is 4. The lowest BCUT2D eigenvalue weighted by Gasteiger charge is -2.05. The van der Waals surface area contributed by atoms with Gasteiger partial charge in [0.05, 0.1) is 29.3 Å². The van der Waals surface area contributed by atoms with Crippen LogP contribution in [0.1, 0.15) is 5.56 Å². The minimum Gasteiger partial charge on any atom is -0.262 e. The SMILES string of the molecule is FC(F)(F)c1ccc(-c2cnn(-c3cccnc3)c2)nc1. The molecule has 0 saturated carbocycles. The first-order valence-electron chi connectivity index (χ1n) is 6.03. The van der Waals surface area contributed by atoms with Gasteiger partial charge in [0, 0.05) is 24.2 Å². The molecule has 0 saturated heterocycles. The third kappa shape index (κ3) is 2.76. The summed E-state index contributed by atoms with van der Waals surface area (Å²) < 4.78 is 39.0. The lowest BCUT2D eigenvalue weighted by molar-refractivity contribution is -0.137. The smallest absolute Gasteiger partial charge is 0.262 e. The Morgan fingerprint density at radius 2 is 1.86 bits per heavy atom. The molecule has 0 aliphatic heterocycles. The van der Waals surface area contributed by atoms with Crippen LogP contribution < -0.4 is 0 Å². The topological polar surface area (TPSA) is 43.6 Å². The van der Waals surface area contributed by atoms with E-state index >= 15 is 0 Å². The van der Waals surface area contributed by atoms with E-state index < -0.39 is 11.7 Å². The van der Waals surface area contributed by atoms with E-state index in [1.54, 1.807) is 35.5 Å². The number of aromatic nitrogens is 4. The van der Waals surface area contributed by atoms with Crippen molar-refractivity contribution < 1.29 is 13.2 Å². The molecule has 0 unspecified atom stereocenters. The summed E-state index contributed by atoms with van der Waals surface area (Å²) in [7, 11) is 0. The first-order chi connectivity index (χ1) is 10.0. The molecule has 3 heterocycles. The van der Waals surface area contributed by atoms with Crippen molar-refractivity contribution in [3.8, 4) is 16.9 Å². The lowest BCUT2D eigenvalue weighted by atomic mass is 10.2. The molecule has 7 heteroatoms. The van der Waals surface area contributed by atoms with E-state index in [0.717, 1.165) is 18.0 Å². The van der Waals surface area contributed by atoms with Crippen molar-refractivity contribution in [1.82, 2.24) is 19.7 Å². The second-order valence-electron chi connectivity index (χ2n) is 4.31. The standard InChI is InChI=1S/C14H9F3N4/c15-14(16,17)11-3-4-13(19-7-11)10-6-20-21(9-10)12-2-1-5-18-8-12/h1-9H. The largest absolute Gasteiger partial charge is 0.417 e. The van der Waals surface area contributed by atoms with Gasteiger partial charge < -0.3 is 0 Å². The zero-order valence-corrected chi connectivity index (χ0v) is 10.6. The van der Waals surface area contributed by atoms with Crippen molar-refractivity contribution in [1.29, 1.82) is 0 Å². The fourth-order valence-corrected chi connectivity index (χ4v) is 1.82. The molecule has 0 bridgehead atoms. The van der Waals surface area contributed by atoms with Gasteiger partial charge >= 0.3 is 6.18 Å². The van der Waals surface area contributed by atoms with Crippen molar-refractivity contribution in [2.75, 3.05) is 0 Å². The summed E-state index contributed by atoms with van der Waals surface area (Å²) in [5, 5.41) is 4.15. The Hall–Kier alpha value is -2.70. The summed E-state index contributed by atoms with van der Waals surface area (Å²) in [4.78, 5) is 7.81. The van der Waals surface area contributed by atoms with Crippen molar-refractivity contribution in [3.05, 3.63) is 60.8 Å². The predicted molar refractivity (Wildman–Crippen MR) is 69.6 cm³/mol. The highest BCUT2D eigenvalue weighted by Crippen LogP contribution is 2.29. The molecule has 21 heavy (non-hydrogen) atoms. The van der Waals surface area contributed by atoms with Gasteiger partial charge in [-0.1, -0.05) is 0 Å². The Morgan fingerprint density at radius 1 is 1.00 bits per heavy atom. The van der Waals surface area contributed by atoms with E-state index in [1.807, 2.05) is 6.07 Å². The first-order valence-corrected chi connectivity index (χ1v) is 6.03. The molecule has 0 atom stereocenters. The van der Waals surface area contributed by atoms with Crippen LogP contribution in [0.2, 0.25) is 0 Å². The van der Waals surface area contributed by atoms with Crippen molar-refractivity contribution in [2.45, 2.75) is 6.18 Å². The molecule has 0 fully saturated rings. The fraction of sp³-hybridized carbons (Fsp3) is 0.0714. The Morgan fingerprint density at radius 3 is 2.48 bits per heavy atom. The molecule has 0 spiro atoms. The number of rotatable bonds is 2. The monoisotopic (exact) mass is 290 g/mol. The van der Waals surface area contributed by atoms with Crippen LogP contribution in [0.25, 0.3) is 16.9 Å². The Balaban J connectivity index is 1.90. The third-order valence-electron chi connectivity index (χ3n) is 2.88. The van der Waals surface area contributed by atoms with Gasteiger partial charge in [-0.3, -0.25) is 9.97 Å². The van der Waals surface area contributed by atoms with Crippen LogP contribution >= 0.6 is 0 Å². The molecule has 4 nitrogen and oxygen atoms in total. The molecule has 3 aromatic rings. The normalized spacial score (nSPS) is 11.6. The molecular weight excluding hydrogens is 281 g/mol. The molecular formula is C14H9F3N4. The van der Waals surface area contributed by atoms with Crippen molar-refractivity contribution in [2.24, 2.45) is 0 Å².